The highest BCUT2D eigenvalue weighted by Gasteiger charge is 1.99. The molecule has 0 unspecified atom stereocenters. The number of hydrogen-bond acceptors (Lipinski definition) is 1. The minimum atomic E-state index is 0. The molecule has 0 bridgehead atoms. The summed E-state index contributed by atoms with van der Waals surface area (Å²) in [6.45, 7) is 0. The Hall–Kier alpha value is -1.03. The molecule has 3 nitrogen and oxygen atoms in total. The minimum absolute atomic E-state index is 0. The Labute approximate surface area is 74.8 Å². The van der Waals surface area contributed by atoms with Crippen LogP contribution in [0.15, 0.2) is 36.9 Å². The van der Waals surface area contributed by atoms with Gasteiger partial charge in [0.2, 0.25) is 0 Å². The van der Waals surface area contributed by atoms with Gasteiger partial charge in [-0.1, -0.05) is 6.07 Å². The van der Waals surface area contributed by atoms with Crippen molar-refractivity contribution >= 4 is 5.52 Å². The van der Waals surface area contributed by atoms with E-state index in [2.05, 4.69) is 0 Å². The molecule has 0 aromatic carbocycles. The topological polar surface area (TPSA) is 35.0 Å². The molecule has 0 fully saturated rings. The quantitative estimate of drug-likeness (QED) is 0.367. The van der Waals surface area contributed by atoms with Gasteiger partial charge >= 0.3 is 0 Å². The van der Waals surface area contributed by atoms with Crippen molar-refractivity contribution in [2.45, 2.75) is 0 Å². The maximum Gasteiger partial charge on any atom is 0.272 e. The molecule has 0 saturated carbocycles. The van der Waals surface area contributed by atoms with E-state index in [1.165, 1.54) is 4.68 Å². The Balaban J connectivity index is 0.000000605. The fraction of sp³-hybridized carbons (Fsp3) is 0. The smallest absolute Gasteiger partial charge is 0.272 e. The number of fused-ring (bicyclic) bond motifs is 1. The highest BCUT2D eigenvalue weighted by atomic mass is 79.9. The zero-order chi connectivity index (χ0) is 6.97. The number of nitrogen functional groups attached to an aromatic ring is 1. The molecule has 2 N–H and O–H groups in total. The van der Waals surface area contributed by atoms with Crippen LogP contribution >= 0.6 is 0 Å². The third-order valence-corrected chi connectivity index (χ3v) is 1.46. The Bertz CT molecular complexity index is 322. The molecule has 58 valence electrons. The second-order valence-electron chi connectivity index (χ2n) is 2.22. The van der Waals surface area contributed by atoms with E-state index in [9.17, 15) is 0 Å². The summed E-state index contributed by atoms with van der Waals surface area (Å²) >= 11 is 0. The summed E-state index contributed by atoms with van der Waals surface area (Å²) in [6, 6.07) is 5.95. The molecule has 0 aliphatic rings. The molecule has 0 atom stereocenters. The van der Waals surface area contributed by atoms with Crippen molar-refractivity contribution in [1.29, 1.82) is 0 Å². The Morgan fingerprint density at radius 2 is 2.18 bits per heavy atom. The maximum absolute atomic E-state index is 5.49. The van der Waals surface area contributed by atoms with Crippen molar-refractivity contribution in [3.05, 3.63) is 36.9 Å². The molecule has 0 amide bonds. The van der Waals surface area contributed by atoms with Crippen LogP contribution in [0.4, 0.5) is 0 Å². The van der Waals surface area contributed by atoms with Gasteiger partial charge in [0.25, 0.3) is 6.33 Å². The van der Waals surface area contributed by atoms with Gasteiger partial charge in [-0.3, -0.25) is 5.84 Å². The zero-order valence-corrected chi connectivity index (χ0v) is 7.40. The Morgan fingerprint density at radius 3 is 2.91 bits per heavy atom. The fourth-order valence-electron chi connectivity index (χ4n) is 1.01. The van der Waals surface area contributed by atoms with Gasteiger partial charge in [0.15, 0.2) is 11.7 Å². The first kappa shape index (κ1) is 8.07. The van der Waals surface area contributed by atoms with E-state index in [0.717, 1.165) is 5.52 Å². The first-order chi connectivity index (χ1) is 4.86. The summed E-state index contributed by atoms with van der Waals surface area (Å²) < 4.78 is 3.50. The van der Waals surface area contributed by atoms with E-state index in [1.807, 2.05) is 41.3 Å². The normalized spacial score (nSPS) is 9.45. The van der Waals surface area contributed by atoms with Gasteiger partial charge < -0.3 is 17.0 Å². The lowest BCUT2D eigenvalue weighted by Gasteiger charge is -1.78. The lowest BCUT2D eigenvalue weighted by molar-refractivity contribution is -0.512. The van der Waals surface area contributed by atoms with Crippen molar-refractivity contribution in [3.8, 4) is 0 Å². The van der Waals surface area contributed by atoms with E-state index in [4.69, 9.17) is 5.84 Å². The summed E-state index contributed by atoms with van der Waals surface area (Å²) in [6.07, 6.45) is 5.63. The van der Waals surface area contributed by atoms with Crippen LogP contribution < -0.4 is 27.2 Å². The van der Waals surface area contributed by atoms with Crippen LogP contribution in [0.2, 0.25) is 0 Å². The number of rotatable bonds is 0. The van der Waals surface area contributed by atoms with Gasteiger partial charge in [-0.05, 0) is 12.1 Å². The van der Waals surface area contributed by atoms with Crippen LogP contribution in [0.25, 0.3) is 5.52 Å². The average Bonchev–Trinajstić information content (AvgIpc) is 2.27. The van der Waals surface area contributed by atoms with E-state index < -0.39 is 0 Å². The van der Waals surface area contributed by atoms with Crippen LogP contribution in [0.3, 0.4) is 0 Å². The third-order valence-electron chi connectivity index (χ3n) is 1.46. The number of halogens is 1. The number of nitrogens with zero attached hydrogens (tertiary/aromatic N) is 2. The number of hydrogen-bond donors (Lipinski definition) is 1. The second-order valence-corrected chi connectivity index (χ2v) is 2.22. The first-order valence-corrected chi connectivity index (χ1v) is 3.09. The van der Waals surface area contributed by atoms with Crippen LogP contribution in [-0.4, -0.2) is 4.68 Å². The van der Waals surface area contributed by atoms with Gasteiger partial charge in [-0.15, -0.1) is 4.68 Å². The summed E-state index contributed by atoms with van der Waals surface area (Å²) in [5.41, 5.74) is 1.10. The minimum Gasteiger partial charge on any atom is -1.00 e. The molecule has 0 saturated heterocycles. The molecule has 0 aliphatic heterocycles. The second kappa shape index (κ2) is 2.92. The summed E-state index contributed by atoms with van der Waals surface area (Å²) in [4.78, 5) is 0. The predicted molar refractivity (Wildman–Crippen MR) is 37.7 cm³/mol. The molecule has 0 spiro atoms. The highest BCUT2D eigenvalue weighted by Crippen LogP contribution is 1.91. The highest BCUT2D eigenvalue weighted by molar-refractivity contribution is 5.35. The zero-order valence-electron chi connectivity index (χ0n) is 5.81. The standard InChI is InChI=1S/C7H8N3.BrH/c8-10-5-7-3-1-2-4-9(7)6-10;/h1-6H,8H2;1H/q+1;/p-1. The predicted octanol–water partition coefficient (Wildman–Crippen LogP) is -3.06. The molecule has 2 aromatic rings. The van der Waals surface area contributed by atoms with E-state index in [-0.39, 0.29) is 17.0 Å². The van der Waals surface area contributed by atoms with Crippen molar-refractivity contribution in [2.75, 3.05) is 5.84 Å². The van der Waals surface area contributed by atoms with Crippen LogP contribution in [0, 0.1) is 0 Å². The molecular formula is C7H8BrN3. The number of pyridine rings is 1. The van der Waals surface area contributed by atoms with Crippen LogP contribution in [0.1, 0.15) is 0 Å². The van der Waals surface area contributed by atoms with E-state index in [1.54, 1.807) is 0 Å². The van der Waals surface area contributed by atoms with Gasteiger partial charge in [-0.25, -0.2) is 4.40 Å². The molecule has 2 aromatic heterocycles. The lowest BCUT2D eigenvalue weighted by Crippen LogP contribution is -3.00. The fourth-order valence-corrected chi connectivity index (χ4v) is 1.01. The van der Waals surface area contributed by atoms with E-state index in [0.29, 0.717) is 0 Å². The maximum atomic E-state index is 5.49. The Morgan fingerprint density at radius 1 is 1.36 bits per heavy atom. The molecule has 2 heterocycles. The largest absolute Gasteiger partial charge is 1.00 e. The van der Waals surface area contributed by atoms with Crippen LogP contribution in [0.5, 0.6) is 0 Å². The van der Waals surface area contributed by atoms with Crippen molar-refractivity contribution < 1.29 is 21.4 Å². The number of nitrogens with two attached hydrogens (primary N) is 1. The molecule has 0 radical (unpaired) electrons. The monoisotopic (exact) mass is 213 g/mol. The molecule has 11 heavy (non-hydrogen) atoms. The van der Waals surface area contributed by atoms with Gasteiger partial charge in [-0.2, -0.15) is 0 Å². The average molecular weight is 214 g/mol. The summed E-state index contributed by atoms with van der Waals surface area (Å²) in [5.74, 6) is 5.49. The molecular weight excluding hydrogens is 206 g/mol. The van der Waals surface area contributed by atoms with Crippen LogP contribution in [-0.2, 0) is 0 Å². The molecule has 2 rings (SSSR count). The number of aromatic nitrogens is 2. The summed E-state index contributed by atoms with van der Waals surface area (Å²) in [5, 5.41) is 0. The SMILES string of the molecule is Nn1cc2cccc[n+]2c1.[Br-]. The van der Waals surface area contributed by atoms with Crippen molar-refractivity contribution in [1.82, 2.24) is 4.68 Å². The lowest BCUT2D eigenvalue weighted by atomic mass is 10.4. The molecule has 4 heteroatoms. The number of imidazole rings is 1. The molecule has 0 aliphatic carbocycles. The third kappa shape index (κ3) is 1.35. The van der Waals surface area contributed by atoms with Crippen molar-refractivity contribution in [3.63, 3.8) is 0 Å². The Kier molecular flexibility index (Phi) is 2.14. The van der Waals surface area contributed by atoms with Gasteiger partial charge in [0.1, 0.15) is 0 Å². The first-order valence-electron chi connectivity index (χ1n) is 3.09. The summed E-state index contributed by atoms with van der Waals surface area (Å²) in [7, 11) is 0. The van der Waals surface area contributed by atoms with Gasteiger partial charge in [0.05, 0.1) is 6.20 Å². The van der Waals surface area contributed by atoms with Gasteiger partial charge in [0, 0.05) is 0 Å². The van der Waals surface area contributed by atoms with E-state index >= 15 is 0 Å². The van der Waals surface area contributed by atoms with Crippen molar-refractivity contribution in [2.24, 2.45) is 0 Å².